The summed E-state index contributed by atoms with van der Waals surface area (Å²) in [5, 5.41) is 0.671. The molecule has 0 heterocycles. The maximum absolute atomic E-state index is 12.5. The molecule has 0 radical (unpaired) electrons. The predicted molar refractivity (Wildman–Crippen MR) is 55.7 cm³/mol. The van der Waals surface area contributed by atoms with Gasteiger partial charge in [0.1, 0.15) is 5.75 Å². The Morgan fingerprint density at radius 3 is 2.53 bits per heavy atom. The molecular formula is C9H7BrClF3O. The van der Waals surface area contributed by atoms with Crippen LogP contribution in [-0.2, 0) is 6.18 Å². The third kappa shape index (κ3) is 3.57. The smallest absolute Gasteiger partial charge is 0.419 e. The Morgan fingerprint density at radius 1 is 1.33 bits per heavy atom. The molecule has 0 aliphatic carbocycles. The Kier molecular flexibility index (Phi) is 4.28. The van der Waals surface area contributed by atoms with Crippen LogP contribution >= 0.6 is 27.5 Å². The first-order chi connectivity index (χ1) is 6.95. The van der Waals surface area contributed by atoms with Crippen LogP contribution in [0.25, 0.3) is 0 Å². The van der Waals surface area contributed by atoms with Gasteiger partial charge in [-0.3, -0.25) is 0 Å². The molecule has 0 aromatic heterocycles. The normalized spacial score (nSPS) is 11.5. The van der Waals surface area contributed by atoms with E-state index in [0.29, 0.717) is 5.33 Å². The van der Waals surface area contributed by atoms with Gasteiger partial charge in [-0.2, -0.15) is 13.2 Å². The topological polar surface area (TPSA) is 9.23 Å². The van der Waals surface area contributed by atoms with Gasteiger partial charge in [0.15, 0.2) is 0 Å². The molecule has 1 aromatic carbocycles. The highest BCUT2D eigenvalue weighted by molar-refractivity contribution is 9.09. The Hall–Kier alpha value is -0.420. The minimum Gasteiger partial charge on any atom is -0.492 e. The summed E-state index contributed by atoms with van der Waals surface area (Å²) in [5.41, 5.74) is -0.812. The van der Waals surface area contributed by atoms with Crippen LogP contribution in [0.2, 0.25) is 5.02 Å². The van der Waals surface area contributed by atoms with Gasteiger partial charge in [0, 0.05) is 10.4 Å². The molecule has 84 valence electrons. The first-order valence-electron chi connectivity index (χ1n) is 4.00. The summed E-state index contributed by atoms with van der Waals surface area (Å²) in [4.78, 5) is 0. The summed E-state index contributed by atoms with van der Waals surface area (Å²) in [6.45, 7) is 0.156. The van der Waals surface area contributed by atoms with Crippen molar-refractivity contribution >= 4 is 27.5 Å². The number of rotatable bonds is 3. The van der Waals surface area contributed by atoms with Crippen molar-refractivity contribution in [3.63, 3.8) is 0 Å². The summed E-state index contributed by atoms with van der Waals surface area (Å²) in [6, 6.07) is 3.25. The van der Waals surface area contributed by atoms with Crippen LogP contribution in [-0.4, -0.2) is 11.9 Å². The number of halogens is 5. The molecule has 0 saturated carbocycles. The van der Waals surface area contributed by atoms with E-state index in [4.69, 9.17) is 16.3 Å². The summed E-state index contributed by atoms with van der Waals surface area (Å²) in [5.74, 6) is -0.241. The van der Waals surface area contributed by atoms with Crippen LogP contribution in [0.3, 0.4) is 0 Å². The van der Waals surface area contributed by atoms with Gasteiger partial charge in [-0.1, -0.05) is 27.5 Å². The first-order valence-corrected chi connectivity index (χ1v) is 5.50. The second kappa shape index (κ2) is 5.07. The van der Waals surface area contributed by atoms with E-state index in [1.807, 2.05) is 0 Å². The third-order valence-corrected chi connectivity index (χ3v) is 2.14. The molecule has 0 unspecified atom stereocenters. The van der Waals surface area contributed by atoms with Crippen molar-refractivity contribution in [1.29, 1.82) is 0 Å². The van der Waals surface area contributed by atoms with E-state index in [0.717, 1.165) is 12.1 Å². The Labute approximate surface area is 98.3 Å². The molecule has 6 heteroatoms. The van der Waals surface area contributed by atoms with Crippen LogP contribution in [0.4, 0.5) is 13.2 Å². The lowest BCUT2D eigenvalue weighted by Crippen LogP contribution is -2.09. The van der Waals surface area contributed by atoms with E-state index in [2.05, 4.69) is 15.9 Å². The average molecular weight is 304 g/mol. The zero-order valence-electron chi connectivity index (χ0n) is 7.44. The molecule has 1 rings (SSSR count). The zero-order chi connectivity index (χ0) is 11.5. The van der Waals surface area contributed by atoms with Crippen LogP contribution in [0, 0.1) is 0 Å². The highest BCUT2D eigenvalue weighted by atomic mass is 79.9. The molecule has 0 spiro atoms. The van der Waals surface area contributed by atoms with E-state index >= 15 is 0 Å². The largest absolute Gasteiger partial charge is 0.492 e. The van der Waals surface area contributed by atoms with Gasteiger partial charge < -0.3 is 4.74 Å². The van der Waals surface area contributed by atoms with E-state index in [1.165, 1.54) is 6.07 Å². The fraction of sp³-hybridized carbons (Fsp3) is 0.333. The van der Waals surface area contributed by atoms with Crippen molar-refractivity contribution in [1.82, 2.24) is 0 Å². The Balaban J connectivity index is 3.03. The molecule has 0 saturated heterocycles. The minimum absolute atomic E-state index is 0.156. The van der Waals surface area contributed by atoms with Gasteiger partial charge in [-0.15, -0.1) is 0 Å². The Bertz CT molecular complexity index is 341. The zero-order valence-corrected chi connectivity index (χ0v) is 9.79. The molecule has 1 aromatic rings. The van der Waals surface area contributed by atoms with Crippen LogP contribution in [0.5, 0.6) is 5.75 Å². The predicted octanol–water partition coefficient (Wildman–Crippen LogP) is 4.13. The lowest BCUT2D eigenvalue weighted by Gasteiger charge is -2.13. The first kappa shape index (κ1) is 12.6. The Morgan fingerprint density at radius 2 is 2.00 bits per heavy atom. The monoisotopic (exact) mass is 302 g/mol. The molecule has 0 aliphatic heterocycles. The summed E-state index contributed by atoms with van der Waals surface area (Å²) < 4.78 is 42.4. The van der Waals surface area contributed by atoms with Crippen LogP contribution in [0.15, 0.2) is 18.2 Å². The maximum Gasteiger partial charge on any atom is 0.419 e. The summed E-state index contributed by atoms with van der Waals surface area (Å²) >= 11 is 8.65. The fourth-order valence-corrected chi connectivity index (χ4v) is 1.32. The second-order valence-corrected chi connectivity index (χ2v) is 3.91. The van der Waals surface area contributed by atoms with Crippen LogP contribution in [0.1, 0.15) is 5.56 Å². The highest BCUT2D eigenvalue weighted by Crippen LogP contribution is 2.37. The fourth-order valence-electron chi connectivity index (χ4n) is 0.998. The van der Waals surface area contributed by atoms with Gasteiger partial charge in [-0.05, 0) is 18.2 Å². The molecule has 0 aliphatic rings. The van der Waals surface area contributed by atoms with E-state index in [1.54, 1.807) is 0 Å². The van der Waals surface area contributed by atoms with Crippen molar-refractivity contribution in [2.24, 2.45) is 0 Å². The van der Waals surface area contributed by atoms with Crippen molar-refractivity contribution in [3.8, 4) is 5.75 Å². The number of alkyl halides is 4. The molecule has 0 amide bonds. The SMILES string of the molecule is FC(F)(F)c1ccc(Cl)cc1OCCBr. The molecule has 1 nitrogen and oxygen atoms in total. The van der Waals surface area contributed by atoms with E-state index in [9.17, 15) is 13.2 Å². The standard InChI is InChI=1S/C9H7BrClF3O/c10-3-4-15-8-5-6(11)1-2-7(8)9(12,13)14/h1-2,5H,3-4H2. The lowest BCUT2D eigenvalue weighted by atomic mass is 10.2. The van der Waals surface area contributed by atoms with Crippen molar-refractivity contribution < 1.29 is 17.9 Å². The third-order valence-electron chi connectivity index (χ3n) is 1.58. The average Bonchev–Trinajstić information content (AvgIpc) is 2.12. The van der Waals surface area contributed by atoms with Gasteiger partial charge in [0.2, 0.25) is 0 Å². The summed E-state index contributed by atoms with van der Waals surface area (Å²) in [7, 11) is 0. The number of ether oxygens (including phenoxy) is 1. The van der Waals surface area contributed by atoms with Crippen molar-refractivity contribution in [2.75, 3.05) is 11.9 Å². The van der Waals surface area contributed by atoms with E-state index in [-0.39, 0.29) is 17.4 Å². The quantitative estimate of drug-likeness (QED) is 0.763. The molecule has 0 bridgehead atoms. The van der Waals surface area contributed by atoms with Crippen molar-refractivity contribution in [2.45, 2.75) is 6.18 Å². The summed E-state index contributed by atoms with van der Waals surface area (Å²) in [6.07, 6.45) is -4.42. The molecule has 15 heavy (non-hydrogen) atoms. The maximum atomic E-state index is 12.5. The molecular weight excluding hydrogens is 296 g/mol. The number of hydrogen-bond acceptors (Lipinski definition) is 1. The molecule has 0 fully saturated rings. The lowest BCUT2D eigenvalue weighted by molar-refractivity contribution is -0.138. The van der Waals surface area contributed by atoms with Gasteiger partial charge >= 0.3 is 6.18 Å². The van der Waals surface area contributed by atoms with Gasteiger partial charge in [0.25, 0.3) is 0 Å². The van der Waals surface area contributed by atoms with Crippen molar-refractivity contribution in [3.05, 3.63) is 28.8 Å². The van der Waals surface area contributed by atoms with Gasteiger partial charge in [-0.25, -0.2) is 0 Å². The molecule has 0 atom stereocenters. The number of hydrogen-bond donors (Lipinski definition) is 0. The van der Waals surface area contributed by atoms with Gasteiger partial charge in [0.05, 0.1) is 12.2 Å². The highest BCUT2D eigenvalue weighted by Gasteiger charge is 2.34. The number of benzene rings is 1. The molecule has 0 N–H and O–H groups in total. The van der Waals surface area contributed by atoms with E-state index < -0.39 is 11.7 Å². The minimum atomic E-state index is -4.42. The van der Waals surface area contributed by atoms with Crippen LogP contribution < -0.4 is 4.74 Å². The second-order valence-electron chi connectivity index (χ2n) is 2.68.